The highest BCUT2D eigenvalue weighted by Gasteiger charge is 2.26. The van der Waals surface area contributed by atoms with Crippen LogP contribution in [0.5, 0.6) is 0 Å². The fraction of sp³-hybridized carbons (Fsp3) is 0.217. The number of imidazole rings is 1. The van der Waals surface area contributed by atoms with E-state index in [4.69, 9.17) is 10.8 Å². The third kappa shape index (κ3) is 3.07. The van der Waals surface area contributed by atoms with E-state index in [1.807, 2.05) is 25.4 Å². The number of fused-ring (bicyclic) bond motifs is 2. The van der Waals surface area contributed by atoms with E-state index in [-0.39, 0.29) is 5.69 Å². The van der Waals surface area contributed by atoms with Gasteiger partial charge in [-0.1, -0.05) is 25.1 Å². The van der Waals surface area contributed by atoms with Crippen molar-refractivity contribution in [3.63, 3.8) is 0 Å². The largest absolute Gasteiger partial charge is 0.385 e. The molecule has 0 bridgehead atoms. The molecule has 8 nitrogen and oxygen atoms in total. The first-order valence-corrected chi connectivity index (χ1v) is 10.3. The van der Waals surface area contributed by atoms with Gasteiger partial charge in [0.1, 0.15) is 5.69 Å². The van der Waals surface area contributed by atoms with Crippen LogP contribution in [-0.4, -0.2) is 39.1 Å². The van der Waals surface area contributed by atoms with Crippen molar-refractivity contribution in [1.82, 2.24) is 19.6 Å². The third-order valence-corrected chi connectivity index (χ3v) is 5.79. The Balaban J connectivity index is 1.61. The number of pyridine rings is 1. The molecule has 4 heterocycles. The van der Waals surface area contributed by atoms with Crippen molar-refractivity contribution in [2.45, 2.75) is 19.8 Å². The van der Waals surface area contributed by atoms with E-state index in [2.05, 4.69) is 51.4 Å². The number of aryl methyl sites for hydroxylation is 1. The predicted octanol–water partition coefficient (Wildman–Crippen LogP) is 3.19. The van der Waals surface area contributed by atoms with Crippen LogP contribution >= 0.6 is 0 Å². The second-order valence-electron chi connectivity index (χ2n) is 7.52. The molecule has 8 heteroatoms. The van der Waals surface area contributed by atoms with Gasteiger partial charge < -0.3 is 16.0 Å². The molecule has 0 radical (unpaired) electrons. The normalized spacial score (nSPS) is 12.9. The van der Waals surface area contributed by atoms with Gasteiger partial charge in [0.05, 0.1) is 17.6 Å². The summed E-state index contributed by atoms with van der Waals surface area (Å²) < 4.78 is 1.51. The molecule has 0 saturated carbocycles. The van der Waals surface area contributed by atoms with Crippen LogP contribution < -0.4 is 16.0 Å². The number of benzene rings is 1. The summed E-state index contributed by atoms with van der Waals surface area (Å²) in [6, 6.07) is 12.4. The summed E-state index contributed by atoms with van der Waals surface area (Å²) >= 11 is 0. The Bertz CT molecular complexity index is 1290. The Morgan fingerprint density at radius 2 is 2.06 bits per heavy atom. The minimum Gasteiger partial charge on any atom is -0.385 e. The third-order valence-electron chi connectivity index (χ3n) is 5.79. The van der Waals surface area contributed by atoms with Crippen LogP contribution in [-0.2, 0) is 12.8 Å². The molecule has 0 spiro atoms. The predicted molar refractivity (Wildman–Crippen MR) is 121 cm³/mol. The number of primary amides is 1. The summed E-state index contributed by atoms with van der Waals surface area (Å²) in [6.07, 6.45) is 5.25. The molecule has 3 N–H and O–H groups in total. The first-order chi connectivity index (χ1) is 15.1. The van der Waals surface area contributed by atoms with Crippen molar-refractivity contribution in [1.29, 1.82) is 0 Å². The van der Waals surface area contributed by atoms with Gasteiger partial charge in [-0.05, 0) is 36.1 Å². The van der Waals surface area contributed by atoms with Crippen LogP contribution in [0.3, 0.4) is 0 Å². The van der Waals surface area contributed by atoms with Crippen LogP contribution in [0.15, 0.2) is 48.8 Å². The molecule has 0 aliphatic carbocycles. The number of nitrogens with zero attached hydrogens (tertiary/aromatic N) is 5. The van der Waals surface area contributed by atoms with E-state index in [1.165, 1.54) is 21.8 Å². The van der Waals surface area contributed by atoms with Crippen LogP contribution in [0, 0.1) is 0 Å². The van der Waals surface area contributed by atoms with Crippen molar-refractivity contribution in [3.8, 4) is 11.3 Å². The maximum Gasteiger partial charge on any atom is 0.269 e. The molecule has 31 heavy (non-hydrogen) atoms. The van der Waals surface area contributed by atoms with E-state index in [0.29, 0.717) is 5.65 Å². The summed E-state index contributed by atoms with van der Waals surface area (Å²) in [5.41, 5.74) is 12.8. The summed E-state index contributed by atoms with van der Waals surface area (Å²) in [5, 5.41) is 7.84. The lowest BCUT2D eigenvalue weighted by atomic mass is 10.0. The SMILES string of the molecule is CCc1ccc(-c2cccc3c2CCN3c2cc(NC)c3ncc(C(N)=O)n3n2)nc1. The number of aromatic nitrogens is 4. The summed E-state index contributed by atoms with van der Waals surface area (Å²) in [5.74, 6) is 0.160. The van der Waals surface area contributed by atoms with Crippen molar-refractivity contribution in [3.05, 3.63) is 65.6 Å². The summed E-state index contributed by atoms with van der Waals surface area (Å²) in [6.45, 7) is 2.91. The Hall–Kier alpha value is -3.94. The smallest absolute Gasteiger partial charge is 0.269 e. The molecule has 4 aromatic rings. The Kier molecular flexibility index (Phi) is 4.54. The molecule has 3 aromatic heterocycles. The van der Waals surface area contributed by atoms with Crippen molar-refractivity contribution >= 4 is 28.7 Å². The monoisotopic (exact) mass is 413 g/mol. The number of rotatable bonds is 5. The number of hydrogen-bond donors (Lipinski definition) is 2. The van der Waals surface area contributed by atoms with E-state index < -0.39 is 5.91 Å². The highest BCUT2D eigenvalue weighted by Crippen LogP contribution is 2.39. The van der Waals surface area contributed by atoms with Crippen LogP contribution in [0.4, 0.5) is 17.2 Å². The van der Waals surface area contributed by atoms with Crippen LogP contribution in [0.2, 0.25) is 0 Å². The van der Waals surface area contributed by atoms with E-state index in [1.54, 1.807) is 0 Å². The van der Waals surface area contributed by atoms with Gasteiger partial charge in [0.15, 0.2) is 11.5 Å². The molecule has 1 aliphatic heterocycles. The number of carbonyl (C=O) groups excluding carboxylic acids is 1. The number of hydrogen-bond acceptors (Lipinski definition) is 6. The molecule has 156 valence electrons. The molecular weight excluding hydrogens is 390 g/mol. The van der Waals surface area contributed by atoms with Crippen molar-refractivity contribution in [2.24, 2.45) is 5.73 Å². The Morgan fingerprint density at radius 1 is 1.19 bits per heavy atom. The lowest BCUT2D eigenvalue weighted by Gasteiger charge is -2.20. The minimum absolute atomic E-state index is 0.252. The van der Waals surface area contributed by atoms with E-state index in [0.717, 1.165) is 47.8 Å². The zero-order valence-electron chi connectivity index (χ0n) is 17.5. The van der Waals surface area contributed by atoms with Gasteiger partial charge in [-0.2, -0.15) is 0 Å². The number of nitrogens with one attached hydrogen (secondary N) is 1. The van der Waals surface area contributed by atoms with Gasteiger partial charge in [0, 0.05) is 37.1 Å². The molecule has 1 aliphatic rings. The zero-order valence-corrected chi connectivity index (χ0v) is 17.5. The number of carbonyl (C=O) groups is 1. The standard InChI is InChI=1S/C23H23N7O/c1-3-14-7-8-17(26-12-14)15-5-4-6-19-16(15)9-10-29(19)21-11-18(25-2)23-27-13-20(22(24)31)30(23)28-21/h4-8,11-13,25H,3,9-10H2,1-2H3,(H2,24,31). The highest BCUT2D eigenvalue weighted by molar-refractivity contribution is 5.92. The van der Waals surface area contributed by atoms with Gasteiger partial charge in [0.25, 0.3) is 5.91 Å². The fourth-order valence-electron chi connectivity index (χ4n) is 4.14. The highest BCUT2D eigenvalue weighted by atomic mass is 16.1. The van der Waals surface area contributed by atoms with E-state index in [9.17, 15) is 4.79 Å². The minimum atomic E-state index is -0.565. The second kappa shape index (κ2) is 7.39. The summed E-state index contributed by atoms with van der Waals surface area (Å²) in [7, 11) is 1.82. The Labute approximate surface area is 179 Å². The molecule has 5 rings (SSSR count). The molecule has 0 unspecified atom stereocenters. The second-order valence-corrected chi connectivity index (χ2v) is 7.52. The van der Waals surface area contributed by atoms with Gasteiger partial charge in [-0.25, -0.2) is 9.50 Å². The molecule has 0 saturated heterocycles. The fourth-order valence-corrected chi connectivity index (χ4v) is 4.14. The quantitative estimate of drug-likeness (QED) is 0.521. The number of amides is 1. The van der Waals surface area contributed by atoms with Crippen LogP contribution in [0.1, 0.15) is 28.5 Å². The molecule has 0 atom stereocenters. The lowest BCUT2D eigenvalue weighted by Crippen LogP contribution is -2.19. The van der Waals surface area contributed by atoms with Gasteiger partial charge in [-0.15, -0.1) is 5.10 Å². The maximum atomic E-state index is 11.8. The Morgan fingerprint density at radius 3 is 2.77 bits per heavy atom. The lowest BCUT2D eigenvalue weighted by molar-refractivity contribution is 0.0993. The summed E-state index contributed by atoms with van der Waals surface area (Å²) in [4.78, 5) is 23.0. The maximum absolute atomic E-state index is 11.8. The van der Waals surface area contributed by atoms with Crippen molar-refractivity contribution < 1.29 is 4.79 Å². The van der Waals surface area contributed by atoms with Gasteiger partial charge in [0.2, 0.25) is 0 Å². The van der Waals surface area contributed by atoms with Crippen LogP contribution in [0.25, 0.3) is 16.9 Å². The number of nitrogens with two attached hydrogens (primary N) is 1. The zero-order chi connectivity index (χ0) is 21.5. The average molecular weight is 413 g/mol. The number of anilines is 3. The first kappa shape index (κ1) is 19.0. The van der Waals surface area contributed by atoms with Gasteiger partial charge in [-0.3, -0.25) is 9.78 Å². The van der Waals surface area contributed by atoms with E-state index >= 15 is 0 Å². The van der Waals surface area contributed by atoms with Crippen molar-refractivity contribution in [2.75, 3.05) is 23.8 Å². The molecule has 0 fully saturated rings. The topological polar surface area (TPSA) is 101 Å². The average Bonchev–Trinajstić information content (AvgIpc) is 3.42. The molecule has 1 aromatic carbocycles. The molecule has 1 amide bonds. The molecular formula is C23H23N7O. The van der Waals surface area contributed by atoms with Gasteiger partial charge >= 0.3 is 0 Å². The first-order valence-electron chi connectivity index (χ1n) is 10.3.